The van der Waals surface area contributed by atoms with Gasteiger partial charge in [0, 0.05) is 37.7 Å². The first-order valence-electron chi connectivity index (χ1n) is 7.32. The molecule has 1 aromatic carbocycles. The molecule has 0 aliphatic carbocycles. The van der Waals surface area contributed by atoms with Crippen molar-refractivity contribution in [1.29, 1.82) is 0 Å². The predicted octanol–water partition coefficient (Wildman–Crippen LogP) is 1.63. The molecule has 0 saturated carbocycles. The van der Waals surface area contributed by atoms with Gasteiger partial charge in [-0.2, -0.15) is 17.0 Å². The summed E-state index contributed by atoms with van der Waals surface area (Å²) in [6, 6.07) is 7.28. The molecule has 2 saturated heterocycles. The van der Waals surface area contributed by atoms with Gasteiger partial charge in [0.25, 0.3) is 10.2 Å². The first-order valence-corrected chi connectivity index (χ1v) is 9.09. The number of benzene rings is 1. The van der Waals surface area contributed by atoms with Gasteiger partial charge >= 0.3 is 0 Å². The molecule has 1 N–H and O–H groups in total. The molecule has 5 nitrogen and oxygen atoms in total. The summed E-state index contributed by atoms with van der Waals surface area (Å²) in [4.78, 5) is 0. The molecule has 0 radical (unpaired) electrons. The maximum Gasteiger partial charge on any atom is 0.282 e. The minimum absolute atomic E-state index is 0.192. The molecule has 2 heterocycles. The van der Waals surface area contributed by atoms with Gasteiger partial charge in [0.1, 0.15) is 0 Å². The Labute approximate surface area is 131 Å². The van der Waals surface area contributed by atoms with Gasteiger partial charge in [0.05, 0.1) is 6.04 Å². The highest BCUT2D eigenvalue weighted by Gasteiger charge is 2.38. The second kappa shape index (κ2) is 6.22. The smallest absolute Gasteiger partial charge is 0.282 e. The molecule has 2 fully saturated rings. The molecule has 0 amide bonds. The van der Waals surface area contributed by atoms with Gasteiger partial charge in [-0.15, -0.1) is 0 Å². The van der Waals surface area contributed by atoms with Crippen molar-refractivity contribution in [2.24, 2.45) is 0 Å². The molecule has 2 aliphatic heterocycles. The van der Waals surface area contributed by atoms with E-state index in [0.717, 1.165) is 18.4 Å². The summed E-state index contributed by atoms with van der Waals surface area (Å²) in [6.45, 7) is 3.07. The topological polar surface area (TPSA) is 52.7 Å². The third-order valence-corrected chi connectivity index (χ3v) is 6.40. The standard InChI is InChI=1S/C14H20ClN3O2S/c15-13-5-3-4-12(10-13)14-11-16-6-9-18(14)21(19,20)17-7-1-2-8-17/h3-5,10,14,16H,1-2,6-9,11H2. The Kier molecular flexibility index (Phi) is 4.51. The highest BCUT2D eigenvalue weighted by atomic mass is 35.5. The van der Waals surface area contributed by atoms with E-state index in [-0.39, 0.29) is 6.04 Å². The second-order valence-corrected chi connectivity index (χ2v) is 7.82. The highest BCUT2D eigenvalue weighted by molar-refractivity contribution is 7.86. The van der Waals surface area contributed by atoms with Gasteiger partial charge in [0.2, 0.25) is 0 Å². The van der Waals surface area contributed by atoms with Crippen LogP contribution in [0, 0.1) is 0 Å². The van der Waals surface area contributed by atoms with Crippen LogP contribution < -0.4 is 5.32 Å². The van der Waals surface area contributed by atoms with E-state index in [1.54, 1.807) is 14.7 Å². The van der Waals surface area contributed by atoms with Gasteiger partial charge in [0.15, 0.2) is 0 Å². The minimum Gasteiger partial charge on any atom is -0.313 e. The number of rotatable bonds is 3. The molecular formula is C14H20ClN3O2S. The van der Waals surface area contributed by atoms with Gasteiger partial charge in [-0.1, -0.05) is 23.7 Å². The van der Waals surface area contributed by atoms with E-state index in [0.29, 0.717) is 37.7 Å². The van der Waals surface area contributed by atoms with Crippen molar-refractivity contribution in [2.75, 3.05) is 32.7 Å². The number of piperazine rings is 1. The lowest BCUT2D eigenvalue weighted by Crippen LogP contribution is -2.52. The number of halogens is 1. The van der Waals surface area contributed by atoms with E-state index in [1.807, 2.05) is 18.2 Å². The van der Waals surface area contributed by atoms with Crippen LogP contribution in [0.5, 0.6) is 0 Å². The summed E-state index contributed by atoms with van der Waals surface area (Å²) >= 11 is 6.05. The number of nitrogens with zero attached hydrogens (tertiary/aromatic N) is 2. The van der Waals surface area contributed by atoms with E-state index < -0.39 is 10.2 Å². The lowest BCUT2D eigenvalue weighted by atomic mass is 10.1. The Bertz CT molecular complexity index is 602. The molecular weight excluding hydrogens is 310 g/mol. The molecule has 1 aromatic rings. The Balaban J connectivity index is 1.91. The van der Waals surface area contributed by atoms with Crippen LogP contribution in [-0.4, -0.2) is 49.8 Å². The molecule has 0 aromatic heterocycles. The fourth-order valence-electron chi connectivity index (χ4n) is 3.03. The number of hydrogen-bond acceptors (Lipinski definition) is 3. The molecule has 1 atom stereocenters. The SMILES string of the molecule is O=S(=O)(N1CCCC1)N1CCNCC1c1cccc(Cl)c1. The molecule has 116 valence electrons. The van der Waals surface area contributed by atoms with Crippen LogP contribution in [0.2, 0.25) is 5.02 Å². The summed E-state index contributed by atoms with van der Waals surface area (Å²) in [7, 11) is -3.39. The fourth-order valence-corrected chi connectivity index (χ4v) is 5.08. The number of hydrogen-bond donors (Lipinski definition) is 1. The van der Waals surface area contributed by atoms with E-state index >= 15 is 0 Å². The zero-order valence-corrected chi connectivity index (χ0v) is 13.4. The van der Waals surface area contributed by atoms with Gasteiger partial charge in [-0.05, 0) is 30.5 Å². The normalized spacial score (nSPS) is 25.3. The predicted molar refractivity (Wildman–Crippen MR) is 83.5 cm³/mol. The highest BCUT2D eigenvalue weighted by Crippen LogP contribution is 2.29. The first kappa shape index (κ1) is 15.2. The third kappa shape index (κ3) is 3.10. The lowest BCUT2D eigenvalue weighted by Gasteiger charge is -2.37. The number of nitrogens with one attached hydrogen (secondary N) is 1. The molecule has 21 heavy (non-hydrogen) atoms. The van der Waals surface area contributed by atoms with E-state index in [9.17, 15) is 8.42 Å². The van der Waals surface area contributed by atoms with Crippen LogP contribution in [0.3, 0.4) is 0 Å². The fraction of sp³-hybridized carbons (Fsp3) is 0.571. The van der Waals surface area contributed by atoms with Crippen LogP contribution in [0.4, 0.5) is 0 Å². The average molecular weight is 330 g/mol. The zero-order valence-electron chi connectivity index (χ0n) is 11.8. The molecule has 2 aliphatic rings. The van der Waals surface area contributed by atoms with E-state index in [4.69, 9.17) is 11.6 Å². The molecule has 7 heteroatoms. The largest absolute Gasteiger partial charge is 0.313 e. The minimum atomic E-state index is -3.39. The molecule has 3 rings (SSSR count). The Hall–Kier alpha value is -0.660. The van der Waals surface area contributed by atoms with E-state index in [1.165, 1.54) is 0 Å². The van der Waals surface area contributed by atoms with Crippen molar-refractivity contribution >= 4 is 21.8 Å². The van der Waals surface area contributed by atoms with Crippen LogP contribution >= 0.6 is 11.6 Å². The van der Waals surface area contributed by atoms with Crippen molar-refractivity contribution in [1.82, 2.24) is 13.9 Å². The quantitative estimate of drug-likeness (QED) is 0.917. The van der Waals surface area contributed by atoms with Crippen LogP contribution in [0.25, 0.3) is 0 Å². The molecule has 0 spiro atoms. The third-order valence-electron chi connectivity index (χ3n) is 4.12. The average Bonchev–Trinajstić information content (AvgIpc) is 3.02. The van der Waals surface area contributed by atoms with Gasteiger partial charge in [-0.3, -0.25) is 0 Å². The van der Waals surface area contributed by atoms with Gasteiger partial charge < -0.3 is 5.32 Å². The Morgan fingerprint density at radius 3 is 2.67 bits per heavy atom. The van der Waals surface area contributed by atoms with Crippen LogP contribution in [-0.2, 0) is 10.2 Å². The Morgan fingerprint density at radius 2 is 1.95 bits per heavy atom. The maximum absolute atomic E-state index is 12.8. The monoisotopic (exact) mass is 329 g/mol. The molecule has 1 unspecified atom stereocenters. The summed E-state index contributed by atoms with van der Waals surface area (Å²) < 4.78 is 28.9. The van der Waals surface area contributed by atoms with Crippen molar-refractivity contribution in [3.8, 4) is 0 Å². The van der Waals surface area contributed by atoms with Gasteiger partial charge in [-0.25, -0.2) is 0 Å². The summed E-state index contributed by atoms with van der Waals surface area (Å²) in [5, 5.41) is 3.91. The van der Waals surface area contributed by atoms with Crippen molar-refractivity contribution in [3.05, 3.63) is 34.9 Å². The summed E-state index contributed by atoms with van der Waals surface area (Å²) in [5.41, 5.74) is 0.942. The summed E-state index contributed by atoms with van der Waals surface area (Å²) in [6.07, 6.45) is 1.90. The Morgan fingerprint density at radius 1 is 1.19 bits per heavy atom. The molecule has 0 bridgehead atoms. The lowest BCUT2D eigenvalue weighted by molar-refractivity contribution is 0.252. The second-order valence-electron chi connectivity index (χ2n) is 5.50. The van der Waals surface area contributed by atoms with E-state index in [2.05, 4.69) is 5.32 Å². The maximum atomic E-state index is 12.8. The first-order chi connectivity index (χ1) is 10.1. The van der Waals surface area contributed by atoms with Crippen LogP contribution in [0.15, 0.2) is 24.3 Å². The van der Waals surface area contributed by atoms with Crippen molar-refractivity contribution in [2.45, 2.75) is 18.9 Å². The summed E-state index contributed by atoms with van der Waals surface area (Å²) in [5.74, 6) is 0. The van der Waals surface area contributed by atoms with Crippen molar-refractivity contribution in [3.63, 3.8) is 0 Å². The van der Waals surface area contributed by atoms with Crippen LogP contribution in [0.1, 0.15) is 24.4 Å². The van der Waals surface area contributed by atoms with Crippen molar-refractivity contribution < 1.29 is 8.42 Å². The zero-order chi connectivity index (χ0) is 14.9.